The van der Waals surface area contributed by atoms with Gasteiger partial charge < -0.3 is 10.4 Å². The van der Waals surface area contributed by atoms with E-state index in [0.717, 1.165) is 5.56 Å². The third-order valence-corrected chi connectivity index (χ3v) is 3.11. The van der Waals surface area contributed by atoms with E-state index in [2.05, 4.69) is 10.6 Å². The maximum atomic E-state index is 11.6. The summed E-state index contributed by atoms with van der Waals surface area (Å²) in [5.74, 6) is -1.49. The van der Waals surface area contributed by atoms with E-state index < -0.39 is 17.9 Å². The first-order valence-corrected chi connectivity index (χ1v) is 6.84. The fraction of sp³-hybridized carbons (Fsp3) is 0.357. The predicted molar refractivity (Wildman–Crippen MR) is 78.0 cm³/mol. The van der Waals surface area contributed by atoms with Crippen LogP contribution in [0.3, 0.4) is 0 Å². The number of halogens is 1. The first-order chi connectivity index (χ1) is 9.90. The van der Waals surface area contributed by atoms with Crippen molar-refractivity contribution in [3.05, 3.63) is 34.9 Å². The molecule has 6 nitrogen and oxygen atoms in total. The lowest BCUT2D eigenvalue weighted by atomic mass is 10.1. The van der Waals surface area contributed by atoms with Gasteiger partial charge in [-0.3, -0.25) is 14.9 Å². The average molecular weight is 313 g/mol. The van der Waals surface area contributed by atoms with Crippen LogP contribution in [0.4, 0.5) is 4.79 Å². The molecule has 21 heavy (non-hydrogen) atoms. The Morgan fingerprint density at radius 2 is 1.90 bits per heavy atom. The molecule has 0 aliphatic carbocycles. The quantitative estimate of drug-likeness (QED) is 0.752. The summed E-state index contributed by atoms with van der Waals surface area (Å²) in [5.41, 5.74) is 0.743. The molecule has 3 N–H and O–H groups in total. The highest BCUT2D eigenvalue weighted by Crippen LogP contribution is 2.21. The van der Waals surface area contributed by atoms with Gasteiger partial charge in [0, 0.05) is 17.9 Å². The van der Waals surface area contributed by atoms with Crippen molar-refractivity contribution in [1.82, 2.24) is 10.6 Å². The summed E-state index contributed by atoms with van der Waals surface area (Å²) in [6.45, 7) is 1.75. The maximum absolute atomic E-state index is 11.6. The second kappa shape index (κ2) is 8.26. The van der Waals surface area contributed by atoms with Crippen LogP contribution in [0.5, 0.6) is 0 Å². The minimum atomic E-state index is -0.973. The molecule has 7 heteroatoms. The third-order valence-electron chi connectivity index (χ3n) is 2.77. The van der Waals surface area contributed by atoms with E-state index in [1.54, 1.807) is 31.2 Å². The number of benzene rings is 1. The van der Waals surface area contributed by atoms with Crippen LogP contribution in [0, 0.1) is 0 Å². The normalized spacial score (nSPS) is 11.5. The fourth-order valence-electron chi connectivity index (χ4n) is 1.73. The largest absolute Gasteiger partial charge is 0.481 e. The summed E-state index contributed by atoms with van der Waals surface area (Å²) in [5, 5.41) is 13.7. The number of hydrogen-bond acceptors (Lipinski definition) is 3. The van der Waals surface area contributed by atoms with Gasteiger partial charge in [-0.25, -0.2) is 4.79 Å². The Balaban J connectivity index is 2.41. The van der Waals surface area contributed by atoms with E-state index >= 15 is 0 Å². The van der Waals surface area contributed by atoms with Crippen molar-refractivity contribution in [3.63, 3.8) is 0 Å². The summed E-state index contributed by atoms with van der Waals surface area (Å²) in [7, 11) is 0. The van der Waals surface area contributed by atoms with Crippen LogP contribution in [0.1, 0.15) is 37.8 Å². The SMILES string of the molecule is CC(NC(=O)NC(=O)CCCC(=O)O)c1ccccc1Cl. The summed E-state index contributed by atoms with van der Waals surface area (Å²) >= 11 is 6.01. The Morgan fingerprint density at radius 3 is 2.52 bits per heavy atom. The highest BCUT2D eigenvalue weighted by molar-refractivity contribution is 6.31. The fourth-order valence-corrected chi connectivity index (χ4v) is 2.03. The number of carbonyl (C=O) groups excluding carboxylic acids is 2. The van der Waals surface area contributed by atoms with Crippen LogP contribution in [0.25, 0.3) is 0 Å². The highest BCUT2D eigenvalue weighted by atomic mass is 35.5. The molecular weight excluding hydrogens is 296 g/mol. The molecule has 1 atom stereocenters. The Kier molecular flexibility index (Phi) is 6.68. The minimum Gasteiger partial charge on any atom is -0.481 e. The Morgan fingerprint density at radius 1 is 1.24 bits per heavy atom. The average Bonchev–Trinajstić information content (AvgIpc) is 2.38. The van der Waals surface area contributed by atoms with Crippen LogP contribution in [0.15, 0.2) is 24.3 Å². The zero-order chi connectivity index (χ0) is 15.8. The molecular formula is C14H17ClN2O4. The molecule has 1 aromatic carbocycles. The molecule has 0 aliphatic heterocycles. The first kappa shape index (κ1) is 17.0. The van der Waals surface area contributed by atoms with Gasteiger partial charge in [0.05, 0.1) is 6.04 Å². The van der Waals surface area contributed by atoms with Crippen LogP contribution in [-0.4, -0.2) is 23.0 Å². The molecule has 0 saturated carbocycles. The maximum Gasteiger partial charge on any atom is 0.321 e. The van der Waals surface area contributed by atoms with E-state index in [-0.39, 0.29) is 25.3 Å². The van der Waals surface area contributed by atoms with Crippen molar-refractivity contribution in [2.75, 3.05) is 0 Å². The van der Waals surface area contributed by atoms with Crippen LogP contribution >= 0.6 is 11.6 Å². The summed E-state index contributed by atoms with van der Waals surface area (Å²) < 4.78 is 0. The Hall–Kier alpha value is -2.08. The van der Waals surface area contributed by atoms with Gasteiger partial charge in [0.15, 0.2) is 0 Å². The van der Waals surface area contributed by atoms with Gasteiger partial charge in [0.1, 0.15) is 0 Å². The van der Waals surface area contributed by atoms with Gasteiger partial charge in [0.25, 0.3) is 0 Å². The van der Waals surface area contributed by atoms with Crippen LogP contribution in [-0.2, 0) is 9.59 Å². The number of nitrogens with one attached hydrogen (secondary N) is 2. The number of carbonyl (C=O) groups is 3. The standard InChI is InChI=1S/C14H17ClN2O4/c1-9(10-5-2-3-6-11(10)15)16-14(21)17-12(18)7-4-8-13(19)20/h2-3,5-6,9H,4,7-8H2,1H3,(H,19,20)(H2,16,17,18,21). The van der Waals surface area contributed by atoms with Crippen molar-refractivity contribution in [2.45, 2.75) is 32.2 Å². The number of urea groups is 1. The summed E-state index contributed by atoms with van der Waals surface area (Å²) in [4.78, 5) is 33.4. The van der Waals surface area contributed by atoms with E-state index in [9.17, 15) is 14.4 Å². The predicted octanol–water partition coefficient (Wildman–Crippen LogP) is 2.48. The number of imide groups is 1. The van der Waals surface area contributed by atoms with E-state index in [4.69, 9.17) is 16.7 Å². The topological polar surface area (TPSA) is 95.5 Å². The number of hydrogen-bond donors (Lipinski definition) is 3. The van der Waals surface area contributed by atoms with Gasteiger partial charge >= 0.3 is 12.0 Å². The Labute approximate surface area is 127 Å². The lowest BCUT2D eigenvalue weighted by molar-refractivity contribution is -0.137. The zero-order valence-electron chi connectivity index (χ0n) is 11.6. The molecule has 0 radical (unpaired) electrons. The Bertz CT molecular complexity index is 533. The van der Waals surface area contributed by atoms with Crippen molar-refractivity contribution < 1.29 is 19.5 Å². The number of amides is 3. The molecule has 0 fully saturated rings. The highest BCUT2D eigenvalue weighted by Gasteiger charge is 2.14. The van der Waals surface area contributed by atoms with E-state index in [1.807, 2.05) is 0 Å². The van der Waals surface area contributed by atoms with Gasteiger partial charge in [0.2, 0.25) is 5.91 Å². The van der Waals surface area contributed by atoms with Crippen molar-refractivity contribution >= 4 is 29.5 Å². The summed E-state index contributed by atoms with van der Waals surface area (Å²) in [6, 6.07) is 6.08. The molecule has 0 aliphatic rings. The molecule has 114 valence electrons. The van der Waals surface area contributed by atoms with Gasteiger partial charge in [-0.1, -0.05) is 29.8 Å². The van der Waals surface area contributed by atoms with E-state index in [1.165, 1.54) is 0 Å². The van der Waals surface area contributed by atoms with Crippen LogP contribution < -0.4 is 10.6 Å². The second-order valence-corrected chi connectivity index (χ2v) is 4.92. The molecule has 0 saturated heterocycles. The van der Waals surface area contributed by atoms with Crippen molar-refractivity contribution in [2.24, 2.45) is 0 Å². The molecule has 0 spiro atoms. The van der Waals surface area contributed by atoms with Crippen molar-refractivity contribution in [3.8, 4) is 0 Å². The molecule has 3 amide bonds. The monoisotopic (exact) mass is 312 g/mol. The second-order valence-electron chi connectivity index (χ2n) is 4.51. The molecule has 0 bridgehead atoms. The lowest BCUT2D eigenvalue weighted by Gasteiger charge is -2.15. The number of aliphatic carboxylic acids is 1. The number of rotatable bonds is 6. The molecule has 1 rings (SSSR count). The number of carboxylic acid groups (broad SMARTS) is 1. The van der Waals surface area contributed by atoms with Gasteiger partial charge in [-0.05, 0) is 25.0 Å². The zero-order valence-corrected chi connectivity index (χ0v) is 12.3. The molecule has 0 heterocycles. The van der Waals surface area contributed by atoms with Gasteiger partial charge in [-0.2, -0.15) is 0 Å². The minimum absolute atomic E-state index is 0.0137. The van der Waals surface area contributed by atoms with E-state index in [0.29, 0.717) is 5.02 Å². The van der Waals surface area contributed by atoms with Crippen molar-refractivity contribution in [1.29, 1.82) is 0 Å². The van der Waals surface area contributed by atoms with Gasteiger partial charge in [-0.15, -0.1) is 0 Å². The molecule has 1 unspecified atom stereocenters. The first-order valence-electron chi connectivity index (χ1n) is 6.46. The number of carboxylic acids is 1. The molecule has 1 aromatic rings. The third kappa shape index (κ3) is 6.27. The lowest BCUT2D eigenvalue weighted by Crippen LogP contribution is -2.40. The van der Waals surface area contributed by atoms with Crippen LogP contribution in [0.2, 0.25) is 5.02 Å². The smallest absolute Gasteiger partial charge is 0.321 e. The summed E-state index contributed by atoms with van der Waals surface area (Å²) in [6.07, 6.45) is 0.0692. The molecule has 0 aromatic heterocycles.